The largest absolute Gasteiger partial charge is 0.481 e. The lowest BCUT2D eigenvalue weighted by atomic mass is 10.1. The van der Waals surface area contributed by atoms with Crippen LogP contribution in [0.2, 0.25) is 0 Å². The van der Waals surface area contributed by atoms with Gasteiger partial charge in [0.15, 0.2) is 0 Å². The van der Waals surface area contributed by atoms with Crippen molar-refractivity contribution in [3.05, 3.63) is 23.1 Å². The van der Waals surface area contributed by atoms with Crippen LogP contribution in [-0.2, 0) is 9.59 Å². The monoisotopic (exact) mass is 369 g/mol. The molecule has 24 heavy (non-hydrogen) atoms. The predicted octanol–water partition coefficient (Wildman–Crippen LogP) is 4.90. The number of rotatable bonds is 12. The molecule has 1 aliphatic rings. The van der Waals surface area contributed by atoms with E-state index in [1.807, 2.05) is 6.08 Å². The first kappa shape index (κ1) is 20.9. The average molecular weight is 370 g/mol. The summed E-state index contributed by atoms with van der Waals surface area (Å²) in [5.41, 5.74) is 0. The molecule has 0 bridgehead atoms. The third-order valence-corrected chi connectivity index (χ3v) is 5.13. The zero-order chi connectivity index (χ0) is 17.8. The van der Waals surface area contributed by atoms with Crippen LogP contribution in [-0.4, -0.2) is 32.7 Å². The number of unbranched alkanes of at least 4 members (excludes halogenated alkanes) is 5. The molecule has 4 nitrogen and oxygen atoms in total. The Morgan fingerprint density at radius 3 is 2.54 bits per heavy atom. The normalized spacial score (nSPS) is 16.7. The van der Waals surface area contributed by atoms with Crippen molar-refractivity contribution in [3.63, 3.8) is 0 Å². The minimum absolute atomic E-state index is 0.0591. The topological polar surface area (TPSA) is 57.6 Å². The van der Waals surface area contributed by atoms with Crippen molar-refractivity contribution < 1.29 is 14.7 Å². The van der Waals surface area contributed by atoms with Gasteiger partial charge in [0.1, 0.15) is 4.32 Å². The van der Waals surface area contributed by atoms with Crippen LogP contribution in [0.1, 0.15) is 64.7 Å². The Morgan fingerprint density at radius 2 is 1.88 bits per heavy atom. The fourth-order valence-corrected chi connectivity index (χ4v) is 3.71. The van der Waals surface area contributed by atoms with Gasteiger partial charge in [-0.15, -0.1) is 0 Å². The van der Waals surface area contributed by atoms with E-state index in [2.05, 4.69) is 19.1 Å². The van der Waals surface area contributed by atoms with Gasteiger partial charge < -0.3 is 5.11 Å². The molecule has 6 heteroatoms. The molecule has 134 valence electrons. The maximum Gasteiger partial charge on any atom is 0.303 e. The zero-order valence-electron chi connectivity index (χ0n) is 14.3. The summed E-state index contributed by atoms with van der Waals surface area (Å²) >= 11 is 6.55. The number of aliphatic carboxylic acids is 1. The molecule has 1 heterocycles. The van der Waals surface area contributed by atoms with E-state index in [4.69, 9.17) is 17.3 Å². The number of hydrogen-bond acceptors (Lipinski definition) is 4. The summed E-state index contributed by atoms with van der Waals surface area (Å²) in [6.45, 7) is 2.53. The van der Waals surface area contributed by atoms with Gasteiger partial charge in [0, 0.05) is 13.0 Å². The third-order valence-electron chi connectivity index (χ3n) is 3.70. The van der Waals surface area contributed by atoms with Crippen molar-refractivity contribution in [2.45, 2.75) is 64.7 Å². The molecular weight excluding hydrogens is 342 g/mol. The lowest BCUT2D eigenvalue weighted by Gasteiger charge is -2.13. The number of nitrogens with zero attached hydrogens (tertiary/aromatic N) is 1. The van der Waals surface area contributed by atoms with Gasteiger partial charge in [0.2, 0.25) is 0 Å². The minimum atomic E-state index is -0.846. The predicted molar refractivity (Wildman–Crippen MR) is 104 cm³/mol. The smallest absolute Gasteiger partial charge is 0.303 e. The number of carboxylic acid groups (broad SMARTS) is 1. The van der Waals surface area contributed by atoms with Crippen LogP contribution < -0.4 is 0 Å². The summed E-state index contributed by atoms with van der Waals surface area (Å²) in [5.74, 6) is -0.916. The molecule has 0 aliphatic carbocycles. The quantitative estimate of drug-likeness (QED) is 0.229. The number of carbonyl (C=O) groups is 2. The molecule has 0 atom stereocenters. The zero-order valence-corrected chi connectivity index (χ0v) is 16.0. The van der Waals surface area contributed by atoms with Crippen molar-refractivity contribution in [2.24, 2.45) is 0 Å². The van der Waals surface area contributed by atoms with Crippen molar-refractivity contribution in [3.8, 4) is 0 Å². The van der Waals surface area contributed by atoms with E-state index in [9.17, 15) is 9.59 Å². The molecule has 1 saturated heterocycles. The summed E-state index contributed by atoms with van der Waals surface area (Å²) in [4.78, 5) is 25.0. The Labute approximate surface area is 154 Å². The Kier molecular flexibility index (Phi) is 10.7. The van der Waals surface area contributed by atoms with E-state index < -0.39 is 5.97 Å². The second-order valence-electron chi connectivity index (χ2n) is 5.76. The number of allylic oxidation sites excluding steroid dienone is 3. The van der Waals surface area contributed by atoms with Gasteiger partial charge in [-0.2, -0.15) is 0 Å². The van der Waals surface area contributed by atoms with E-state index in [-0.39, 0.29) is 12.3 Å². The molecule has 0 saturated carbocycles. The molecule has 1 aliphatic heterocycles. The molecule has 1 N–H and O–H groups in total. The van der Waals surface area contributed by atoms with Crippen LogP contribution in [0, 0.1) is 0 Å². The van der Waals surface area contributed by atoms with Crippen molar-refractivity contribution in [1.29, 1.82) is 0 Å². The van der Waals surface area contributed by atoms with Gasteiger partial charge in [0.25, 0.3) is 5.91 Å². The van der Waals surface area contributed by atoms with Gasteiger partial charge in [-0.1, -0.05) is 62.0 Å². The Bertz CT molecular complexity index is 500. The highest BCUT2D eigenvalue weighted by molar-refractivity contribution is 8.26. The number of carboxylic acids is 1. The van der Waals surface area contributed by atoms with Crippen LogP contribution in [0.5, 0.6) is 0 Å². The van der Waals surface area contributed by atoms with Crippen LogP contribution in [0.4, 0.5) is 0 Å². The molecule has 0 unspecified atom stereocenters. The Hall–Kier alpha value is -1.14. The molecule has 0 aromatic rings. The molecule has 0 aromatic carbocycles. The SMILES string of the molecule is CC/C=C/CCCCCC/C=C1\SC(=S)N(CCCC(=O)O)C1=O. The lowest BCUT2D eigenvalue weighted by Crippen LogP contribution is -2.29. The fraction of sp³-hybridized carbons (Fsp3) is 0.611. The average Bonchev–Trinajstić information content (AvgIpc) is 2.80. The fourth-order valence-electron chi connectivity index (χ4n) is 2.40. The lowest BCUT2D eigenvalue weighted by molar-refractivity contribution is -0.137. The molecule has 1 amide bonds. The highest BCUT2D eigenvalue weighted by Gasteiger charge is 2.31. The Balaban J connectivity index is 2.23. The van der Waals surface area contributed by atoms with Gasteiger partial charge in [-0.05, 0) is 38.5 Å². The summed E-state index contributed by atoms with van der Waals surface area (Å²) in [6, 6.07) is 0. The maximum absolute atomic E-state index is 12.3. The third kappa shape index (κ3) is 8.11. The van der Waals surface area contributed by atoms with Crippen molar-refractivity contribution in [1.82, 2.24) is 4.90 Å². The van der Waals surface area contributed by atoms with Crippen LogP contribution in [0.3, 0.4) is 0 Å². The van der Waals surface area contributed by atoms with E-state index >= 15 is 0 Å². The summed E-state index contributed by atoms with van der Waals surface area (Å²) in [7, 11) is 0. The van der Waals surface area contributed by atoms with Crippen LogP contribution in [0.25, 0.3) is 0 Å². The Morgan fingerprint density at radius 1 is 1.17 bits per heavy atom. The van der Waals surface area contributed by atoms with Crippen LogP contribution >= 0.6 is 24.0 Å². The highest BCUT2D eigenvalue weighted by atomic mass is 32.2. The van der Waals surface area contributed by atoms with Crippen molar-refractivity contribution in [2.75, 3.05) is 6.54 Å². The first-order chi connectivity index (χ1) is 11.6. The summed E-state index contributed by atoms with van der Waals surface area (Å²) in [6.07, 6.45) is 14.8. The van der Waals surface area contributed by atoms with E-state index in [1.165, 1.54) is 35.9 Å². The number of amides is 1. The molecule has 0 spiro atoms. The first-order valence-electron chi connectivity index (χ1n) is 8.67. The second kappa shape index (κ2) is 12.3. The van der Waals surface area contributed by atoms with Crippen LogP contribution in [0.15, 0.2) is 23.1 Å². The van der Waals surface area contributed by atoms with E-state index in [0.717, 1.165) is 25.7 Å². The van der Waals surface area contributed by atoms with Gasteiger partial charge >= 0.3 is 5.97 Å². The standard InChI is InChI=1S/C18H27NO3S2/c1-2-3-4-5-6-7-8-9-10-12-15-17(22)19(18(23)24-15)14-11-13-16(20)21/h3-4,12H,2,5-11,13-14H2,1H3,(H,20,21)/b4-3+,15-12-. The maximum atomic E-state index is 12.3. The van der Waals surface area contributed by atoms with Crippen molar-refractivity contribution >= 4 is 40.2 Å². The molecule has 0 aromatic heterocycles. The second-order valence-corrected chi connectivity index (χ2v) is 7.44. The van der Waals surface area contributed by atoms with Gasteiger partial charge in [-0.3, -0.25) is 14.5 Å². The molecule has 1 fully saturated rings. The molecule has 0 radical (unpaired) electrons. The van der Waals surface area contributed by atoms with E-state index in [0.29, 0.717) is 22.2 Å². The van der Waals surface area contributed by atoms with Gasteiger partial charge in [-0.25, -0.2) is 0 Å². The number of carbonyl (C=O) groups excluding carboxylic acids is 1. The molecular formula is C18H27NO3S2. The number of thioether (sulfide) groups is 1. The summed E-state index contributed by atoms with van der Waals surface area (Å²) in [5, 5.41) is 8.66. The highest BCUT2D eigenvalue weighted by Crippen LogP contribution is 2.31. The van der Waals surface area contributed by atoms with E-state index in [1.54, 1.807) is 0 Å². The molecule has 1 rings (SSSR count). The summed E-state index contributed by atoms with van der Waals surface area (Å²) < 4.78 is 0.541. The number of thiocarbonyl (C=S) groups is 1. The minimum Gasteiger partial charge on any atom is -0.481 e. The van der Waals surface area contributed by atoms with Gasteiger partial charge in [0.05, 0.1) is 4.91 Å². The number of hydrogen-bond donors (Lipinski definition) is 1. The first-order valence-corrected chi connectivity index (χ1v) is 9.89.